The molecule has 2 N–H and O–H groups in total. The van der Waals surface area contributed by atoms with E-state index >= 15 is 0 Å². The molecule has 0 unspecified atom stereocenters. The van der Waals surface area contributed by atoms with Crippen molar-refractivity contribution in [1.82, 2.24) is 10.2 Å². The average molecular weight is 424 g/mol. The van der Waals surface area contributed by atoms with Crippen LogP contribution < -0.4 is 15.4 Å². The van der Waals surface area contributed by atoms with Crippen LogP contribution in [0, 0.1) is 13.8 Å². The number of ether oxygens (including phenoxy) is 1. The predicted molar refractivity (Wildman–Crippen MR) is 112 cm³/mol. The SMILES string of the molecule is Cc1cc(C)cc(-c2nnc(SCC(=O)N3C[C@H](C(N)=O)Oc4ccccc43)o2)c1. The smallest absolute Gasteiger partial charge is 0.277 e. The van der Waals surface area contributed by atoms with Crippen LogP contribution in [-0.2, 0) is 9.59 Å². The van der Waals surface area contributed by atoms with Crippen molar-refractivity contribution < 1.29 is 18.7 Å². The second kappa shape index (κ2) is 8.19. The van der Waals surface area contributed by atoms with E-state index in [0.29, 0.717) is 22.6 Å². The summed E-state index contributed by atoms with van der Waals surface area (Å²) in [5.41, 5.74) is 9.03. The molecule has 0 radical (unpaired) electrons. The van der Waals surface area contributed by atoms with Crippen LogP contribution in [0.5, 0.6) is 5.75 Å². The Labute approximate surface area is 177 Å². The van der Waals surface area contributed by atoms with E-state index in [9.17, 15) is 9.59 Å². The number of thioether (sulfide) groups is 1. The van der Waals surface area contributed by atoms with Gasteiger partial charge in [0, 0.05) is 5.56 Å². The number of primary amides is 1. The summed E-state index contributed by atoms with van der Waals surface area (Å²) >= 11 is 1.14. The molecule has 1 aliphatic rings. The van der Waals surface area contributed by atoms with Crippen molar-refractivity contribution in [3.63, 3.8) is 0 Å². The van der Waals surface area contributed by atoms with E-state index in [4.69, 9.17) is 14.9 Å². The zero-order valence-corrected chi connectivity index (χ0v) is 17.3. The van der Waals surface area contributed by atoms with Gasteiger partial charge in [-0.15, -0.1) is 10.2 Å². The van der Waals surface area contributed by atoms with Crippen LogP contribution in [0.2, 0.25) is 0 Å². The molecule has 4 rings (SSSR count). The van der Waals surface area contributed by atoms with Crippen LogP contribution in [0.15, 0.2) is 52.1 Å². The molecule has 0 saturated heterocycles. The van der Waals surface area contributed by atoms with Gasteiger partial charge in [0.15, 0.2) is 6.10 Å². The number of hydrogen-bond donors (Lipinski definition) is 1. The van der Waals surface area contributed by atoms with Crippen LogP contribution >= 0.6 is 11.8 Å². The Morgan fingerprint density at radius 1 is 1.17 bits per heavy atom. The molecule has 0 spiro atoms. The molecule has 154 valence electrons. The number of anilines is 1. The Morgan fingerprint density at radius 2 is 1.90 bits per heavy atom. The minimum absolute atomic E-state index is 0.0589. The molecule has 2 amide bonds. The number of aryl methyl sites for hydroxylation is 2. The van der Waals surface area contributed by atoms with Crippen molar-refractivity contribution in [2.24, 2.45) is 5.73 Å². The molecule has 1 aliphatic heterocycles. The minimum Gasteiger partial charge on any atom is -0.477 e. The highest BCUT2D eigenvalue weighted by molar-refractivity contribution is 7.99. The average Bonchev–Trinajstić information content (AvgIpc) is 3.19. The number of hydrogen-bond acceptors (Lipinski definition) is 7. The first-order chi connectivity index (χ1) is 14.4. The Balaban J connectivity index is 1.47. The van der Waals surface area contributed by atoms with Gasteiger partial charge in [-0.05, 0) is 38.1 Å². The highest BCUT2D eigenvalue weighted by atomic mass is 32.2. The molecule has 30 heavy (non-hydrogen) atoms. The lowest BCUT2D eigenvalue weighted by atomic mass is 10.1. The highest BCUT2D eigenvalue weighted by Gasteiger charge is 2.32. The van der Waals surface area contributed by atoms with Gasteiger partial charge >= 0.3 is 0 Å². The van der Waals surface area contributed by atoms with Crippen LogP contribution in [0.4, 0.5) is 5.69 Å². The first-order valence-corrected chi connectivity index (χ1v) is 10.3. The van der Waals surface area contributed by atoms with E-state index in [2.05, 4.69) is 16.3 Å². The molecule has 1 aromatic heterocycles. The summed E-state index contributed by atoms with van der Waals surface area (Å²) in [5, 5.41) is 8.42. The van der Waals surface area contributed by atoms with E-state index in [-0.39, 0.29) is 18.2 Å². The highest BCUT2D eigenvalue weighted by Crippen LogP contribution is 2.34. The zero-order chi connectivity index (χ0) is 21.3. The van der Waals surface area contributed by atoms with Crippen molar-refractivity contribution in [1.29, 1.82) is 0 Å². The summed E-state index contributed by atoms with van der Waals surface area (Å²) < 4.78 is 11.3. The van der Waals surface area contributed by atoms with Crippen molar-refractivity contribution in [3.8, 4) is 17.2 Å². The van der Waals surface area contributed by atoms with E-state index < -0.39 is 12.0 Å². The summed E-state index contributed by atoms with van der Waals surface area (Å²) in [5.74, 6) is 0.0787. The van der Waals surface area contributed by atoms with Crippen LogP contribution in [0.1, 0.15) is 11.1 Å². The topological polar surface area (TPSA) is 112 Å². The Hall–Kier alpha value is -3.33. The maximum absolute atomic E-state index is 12.9. The first-order valence-electron chi connectivity index (χ1n) is 9.31. The number of amides is 2. The lowest BCUT2D eigenvalue weighted by molar-refractivity contribution is -0.125. The molecule has 0 saturated carbocycles. The second-order valence-corrected chi connectivity index (χ2v) is 7.95. The van der Waals surface area contributed by atoms with E-state index in [1.807, 2.05) is 26.0 Å². The number of benzene rings is 2. The number of aromatic nitrogens is 2. The van der Waals surface area contributed by atoms with Gasteiger partial charge in [0.25, 0.3) is 11.1 Å². The summed E-state index contributed by atoms with van der Waals surface area (Å²) in [4.78, 5) is 26.0. The maximum Gasteiger partial charge on any atom is 0.277 e. The summed E-state index contributed by atoms with van der Waals surface area (Å²) in [7, 11) is 0. The standard InChI is InChI=1S/C21H20N4O4S/c1-12-7-13(2)9-14(8-12)20-23-24-21(29-20)30-11-18(26)25-10-17(19(22)27)28-16-6-4-3-5-15(16)25/h3-9,17H,10-11H2,1-2H3,(H2,22,27)/t17-/m1/s1. The number of carbonyl (C=O) groups is 2. The van der Waals surface area contributed by atoms with Crippen molar-refractivity contribution in [3.05, 3.63) is 53.6 Å². The molecule has 0 bridgehead atoms. The molecule has 8 nitrogen and oxygen atoms in total. The lowest BCUT2D eigenvalue weighted by Gasteiger charge is -2.33. The lowest BCUT2D eigenvalue weighted by Crippen LogP contribution is -2.49. The molecule has 0 fully saturated rings. The molecular formula is C21H20N4O4S. The van der Waals surface area contributed by atoms with Crippen molar-refractivity contribution >= 4 is 29.3 Å². The molecule has 1 atom stereocenters. The van der Waals surface area contributed by atoms with E-state index in [0.717, 1.165) is 28.5 Å². The van der Waals surface area contributed by atoms with Gasteiger partial charge in [-0.25, -0.2) is 0 Å². The quantitative estimate of drug-likeness (QED) is 0.627. The number of nitrogens with zero attached hydrogens (tertiary/aromatic N) is 3. The molecular weight excluding hydrogens is 404 g/mol. The Kier molecular flexibility index (Phi) is 5.45. The number of rotatable bonds is 5. The Morgan fingerprint density at radius 3 is 2.63 bits per heavy atom. The minimum atomic E-state index is -0.895. The van der Waals surface area contributed by atoms with Gasteiger partial charge in [0.05, 0.1) is 18.0 Å². The third-order valence-corrected chi connectivity index (χ3v) is 5.39. The number of carbonyl (C=O) groups excluding carboxylic acids is 2. The second-order valence-electron chi connectivity index (χ2n) is 7.02. The van der Waals surface area contributed by atoms with Gasteiger partial charge in [-0.2, -0.15) is 0 Å². The summed E-state index contributed by atoms with van der Waals surface area (Å²) in [6.45, 7) is 4.06. The number of nitrogens with two attached hydrogens (primary N) is 1. The van der Waals surface area contributed by atoms with Crippen LogP contribution in [-0.4, -0.2) is 40.4 Å². The largest absolute Gasteiger partial charge is 0.477 e. The third kappa shape index (κ3) is 4.16. The van der Waals surface area contributed by atoms with Crippen LogP contribution in [0.25, 0.3) is 11.5 Å². The van der Waals surface area contributed by atoms with E-state index in [1.165, 1.54) is 4.90 Å². The molecule has 9 heteroatoms. The fraction of sp³-hybridized carbons (Fsp3) is 0.238. The maximum atomic E-state index is 12.9. The fourth-order valence-electron chi connectivity index (χ4n) is 3.30. The number of para-hydroxylation sites is 2. The van der Waals surface area contributed by atoms with Crippen molar-refractivity contribution in [2.75, 3.05) is 17.2 Å². The Bertz CT molecular complexity index is 1090. The first kappa shape index (κ1) is 20.0. The third-order valence-electron chi connectivity index (χ3n) is 4.59. The molecule has 3 aromatic rings. The normalized spacial score (nSPS) is 15.4. The van der Waals surface area contributed by atoms with E-state index in [1.54, 1.807) is 24.3 Å². The molecule has 2 heterocycles. The van der Waals surface area contributed by atoms with Gasteiger partial charge in [0.1, 0.15) is 5.75 Å². The van der Waals surface area contributed by atoms with Gasteiger partial charge in [-0.3, -0.25) is 9.59 Å². The van der Waals surface area contributed by atoms with Crippen LogP contribution in [0.3, 0.4) is 0 Å². The predicted octanol–water partition coefficient (Wildman–Crippen LogP) is 2.73. The molecule has 2 aromatic carbocycles. The molecule has 0 aliphatic carbocycles. The zero-order valence-electron chi connectivity index (χ0n) is 16.5. The van der Waals surface area contributed by atoms with Gasteiger partial charge in [0.2, 0.25) is 11.8 Å². The fourth-order valence-corrected chi connectivity index (χ4v) is 3.94. The summed E-state index contributed by atoms with van der Waals surface area (Å²) in [6, 6.07) is 13.0. The van der Waals surface area contributed by atoms with Crippen molar-refractivity contribution in [2.45, 2.75) is 25.2 Å². The summed E-state index contributed by atoms with van der Waals surface area (Å²) in [6.07, 6.45) is -0.895. The monoisotopic (exact) mass is 424 g/mol. The number of fused-ring (bicyclic) bond motifs is 1. The van der Waals surface area contributed by atoms with Gasteiger partial charge < -0.3 is 19.8 Å². The van der Waals surface area contributed by atoms with Gasteiger partial charge in [-0.1, -0.05) is 41.1 Å².